The second-order valence-electron chi connectivity index (χ2n) is 3.17. The summed E-state index contributed by atoms with van der Waals surface area (Å²) in [5, 5.41) is 11.1. The largest absolute Gasteiger partial charge is 0.480 e. The first-order chi connectivity index (χ1) is 7.84. The molecule has 0 aromatic rings. The molecule has 17 heavy (non-hydrogen) atoms. The van der Waals surface area contributed by atoms with E-state index in [2.05, 4.69) is 5.32 Å². The second-order valence-corrected chi connectivity index (χ2v) is 5.72. The van der Waals surface area contributed by atoms with Crippen molar-refractivity contribution in [2.75, 3.05) is 11.5 Å². The van der Waals surface area contributed by atoms with Crippen LogP contribution in [0.15, 0.2) is 0 Å². The summed E-state index contributed by atoms with van der Waals surface area (Å²) in [6, 6.07) is -1.70. The van der Waals surface area contributed by atoms with Crippen molar-refractivity contribution < 1.29 is 19.5 Å². The van der Waals surface area contributed by atoms with Crippen LogP contribution in [0.2, 0.25) is 0 Å². The first-order valence-corrected chi connectivity index (χ1v) is 7.12. The topological polar surface area (TPSA) is 136 Å². The molecule has 7 nitrogen and oxygen atoms in total. The van der Waals surface area contributed by atoms with Gasteiger partial charge in [-0.3, -0.25) is 9.59 Å². The van der Waals surface area contributed by atoms with Crippen LogP contribution in [0.1, 0.15) is 6.92 Å². The van der Waals surface area contributed by atoms with E-state index in [1.807, 2.05) is 0 Å². The van der Waals surface area contributed by atoms with E-state index in [9.17, 15) is 14.4 Å². The van der Waals surface area contributed by atoms with Crippen molar-refractivity contribution >= 4 is 39.4 Å². The maximum absolute atomic E-state index is 10.7. The summed E-state index contributed by atoms with van der Waals surface area (Å²) in [6.07, 6.45) is 0. The Morgan fingerprint density at radius 1 is 1.29 bits per heavy atom. The lowest BCUT2D eigenvalue weighted by Crippen LogP contribution is -2.41. The Hall–Kier alpha value is -0.930. The first-order valence-electron chi connectivity index (χ1n) is 4.63. The zero-order valence-electron chi connectivity index (χ0n) is 9.21. The van der Waals surface area contributed by atoms with E-state index in [0.29, 0.717) is 5.75 Å². The van der Waals surface area contributed by atoms with Crippen molar-refractivity contribution in [1.82, 2.24) is 5.32 Å². The molecule has 0 saturated carbocycles. The molecule has 0 rings (SSSR count). The number of carboxylic acid groups (broad SMARTS) is 1. The number of amides is 2. The summed E-state index contributed by atoms with van der Waals surface area (Å²) in [7, 11) is 2.45. The smallest absolute Gasteiger partial charge is 0.327 e. The molecule has 2 amide bonds. The van der Waals surface area contributed by atoms with E-state index in [1.165, 1.54) is 28.5 Å². The average molecular weight is 281 g/mol. The van der Waals surface area contributed by atoms with Crippen molar-refractivity contribution in [2.45, 2.75) is 19.0 Å². The molecule has 0 heterocycles. The minimum atomic E-state index is -1.10. The Kier molecular flexibility index (Phi) is 7.75. The molecule has 0 aromatic carbocycles. The van der Waals surface area contributed by atoms with Crippen LogP contribution in [0, 0.1) is 0 Å². The predicted octanol–water partition coefficient (Wildman–Crippen LogP) is -1.23. The molecule has 2 atom stereocenters. The van der Waals surface area contributed by atoms with Crippen molar-refractivity contribution in [3.05, 3.63) is 0 Å². The fourth-order valence-electron chi connectivity index (χ4n) is 0.740. The highest BCUT2D eigenvalue weighted by Gasteiger charge is 2.18. The highest BCUT2D eigenvalue weighted by atomic mass is 33.1. The number of hydrogen-bond acceptors (Lipinski definition) is 6. The van der Waals surface area contributed by atoms with Crippen molar-refractivity contribution in [3.8, 4) is 0 Å². The predicted molar refractivity (Wildman–Crippen MR) is 67.3 cm³/mol. The standard InChI is InChI=1S/C8H15N3O4S2/c1-4(12)11-6(8(14)15)3-17-16-2-5(9)7(10)13/h5-6H,2-3,9H2,1H3,(H2,10,13)(H,11,12)(H,14,15)/t5-,6-/m0/s1. The molecule has 0 aliphatic rings. The van der Waals surface area contributed by atoms with Crippen LogP contribution in [0.3, 0.4) is 0 Å². The van der Waals surface area contributed by atoms with Crippen LogP contribution in [-0.2, 0) is 14.4 Å². The number of primary amides is 1. The van der Waals surface area contributed by atoms with Gasteiger partial charge in [0.1, 0.15) is 6.04 Å². The average Bonchev–Trinajstić information content (AvgIpc) is 2.21. The number of rotatable bonds is 8. The fourth-order valence-corrected chi connectivity index (χ4v) is 3.03. The summed E-state index contributed by atoms with van der Waals surface area (Å²) in [5.74, 6) is -1.63. The van der Waals surface area contributed by atoms with Gasteiger partial charge in [-0.05, 0) is 0 Å². The third-order valence-electron chi connectivity index (χ3n) is 1.61. The van der Waals surface area contributed by atoms with Crippen molar-refractivity contribution in [3.63, 3.8) is 0 Å². The summed E-state index contributed by atoms with van der Waals surface area (Å²) in [6.45, 7) is 1.25. The molecule has 0 bridgehead atoms. The zero-order chi connectivity index (χ0) is 13.4. The van der Waals surface area contributed by atoms with Gasteiger partial charge < -0.3 is 21.9 Å². The van der Waals surface area contributed by atoms with Gasteiger partial charge in [-0.25, -0.2) is 4.79 Å². The first kappa shape index (κ1) is 16.1. The monoisotopic (exact) mass is 281 g/mol. The quantitative estimate of drug-likeness (QED) is 0.323. The van der Waals surface area contributed by atoms with Gasteiger partial charge in [0.2, 0.25) is 11.8 Å². The molecule has 0 radical (unpaired) electrons. The van der Waals surface area contributed by atoms with Gasteiger partial charge in [-0.1, -0.05) is 21.6 Å². The van der Waals surface area contributed by atoms with Crippen molar-refractivity contribution in [1.29, 1.82) is 0 Å². The molecule has 0 aliphatic heterocycles. The molecular formula is C8H15N3O4S2. The Bertz CT molecular complexity index is 300. The van der Waals surface area contributed by atoms with Gasteiger partial charge in [0, 0.05) is 18.4 Å². The number of carbonyl (C=O) groups is 3. The van der Waals surface area contributed by atoms with Crippen LogP contribution in [0.25, 0.3) is 0 Å². The van der Waals surface area contributed by atoms with Crippen LogP contribution < -0.4 is 16.8 Å². The number of carbonyl (C=O) groups excluding carboxylic acids is 2. The van der Waals surface area contributed by atoms with Crippen LogP contribution in [0.4, 0.5) is 0 Å². The van der Waals surface area contributed by atoms with E-state index >= 15 is 0 Å². The van der Waals surface area contributed by atoms with E-state index in [4.69, 9.17) is 16.6 Å². The normalized spacial score (nSPS) is 13.8. The highest BCUT2D eigenvalue weighted by molar-refractivity contribution is 8.76. The Balaban J connectivity index is 3.87. The lowest BCUT2D eigenvalue weighted by molar-refractivity contribution is -0.140. The van der Waals surface area contributed by atoms with Gasteiger partial charge in [-0.15, -0.1) is 0 Å². The number of hydrogen-bond donors (Lipinski definition) is 4. The van der Waals surface area contributed by atoms with Crippen LogP contribution in [0.5, 0.6) is 0 Å². The Morgan fingerprint density at radius 2 is 1.82 bits per heavy atom. The second kappa shape index (κ2) is 8.20. The number of carboxylic acids is 1. The minimum absolute atomic E-state index is 0.186. The molecule has 6 N–H and O–H groups in total. The Labute approximate surface area is 106 Å². The van der Waals surface area contributed by atoms with Gasteiger partial charge in [-0.2, -0.15) is 0 Å². The summed E-state index contributed by atoms with van der Waals surface area (Å²) < 4.78 is 0. The van der Waals surface area contributed by atoms with E-state index in [1.54, 1.807) is 0 Å². The lowest BCUT2D eigenvalue weighted by atomic mass is 10.3. The zero-order valence-corrected chi connectivity index (χ0v) is 10.8. The summed E-state index contributed by atoms with van der Waals surface area (Å²) in [4.78, 5) is 32.1. The SMILES string of the molecule is CC(=O)N[C@@H](CSSC[C@H](N)C(N)=O)C(=O)O. The lowest BCUT2D eigenvalue weighted by Gasteiger charge is -2.12. The molecule has 98 valence electrons. The highest BCUT2D eigenvalue weighted by Crippen LogP contribution is 2.22. The molecule has 0 saturated heterocycles. The third kappa shape index (κ3) is 7.88. The molecule has 0 aromatic heterocycles. The summed E-state index contributed by atoms with van der Waals surface area (Å²) >= 11 is 0. The maximum Gasteiger partial charge on any atom is 0.327 e. The molecule has 0 aliphatic carbocycles. The van der Waals surface area contributed by atoms with E-state index in [0.717, 1.165) is 0 Å². The fraction of sp³-hybridized carbons (Fsp3) is 0.625. The molecule has 9 heteroatoms. The maximum atomic E-state index is 10.7. The van der Waals surface area contributed by atoms with Gasteiger partial charge in [0.25, 0.3) is 0 Å². The van der Waals surface area contributed by atoms with Crippen LogP contribution >= 0.6 is 21.6 Å². The number of nitrogens with one attached hydrogen (secondary N) is 1. The third-order valence-corrected chi connectivity index (χ3v) is 4.05. The van der Waals surface area contributed by atoms with Gasteiger partial charge >= 0.3 is 5.97 Å². The molecule has 0 fully saturated rings. The Morgan fingerprint density at radius 3 is 2.24 bits per heavy atom. The molecule has 0 unspecified atom stereocenters. The molecule has 0 spiro atoms. The van der Waals surface area contributed by atoms with E-state index < -0.39 is 29.9 Å². The van der Waals surface area contributed by atoms with Gasteiger partial charge in [0.05, 0.1) is 6.04 Å². The van der Waals surface area contributed by atoms with Crippen molar-refractivity contribution in [2.24, 2.45) is 11.5 Å². The number of aliphatic carboxylic acids is 1. The van der Waals surface area contributed by atoms with E-state index in [-0.39, 0.29) is 5.75 Å². The number of nitrogens with two attached hydrogens (primary N) is 2. The van der Waals surface area contributed by atoms with Crippen LogP contribution in [-0.4, -0.2) is 46.5 Å². The minimum Gasteiger partial charge on any atom is -0.480 e. The molecular weight excluding hydrogens is 266 g/mol. The van der Waals surface area contributed by atoms with Gasteiger partial charge in [0.15, 0.2) is 0 Å². The summed E-state index contributed by atoms with van der Waals surface area (Å²) in [5.41, 5.74) is 10.3.